The number of hydrogen-bond acceptors (Lipinski definition) is 3. The molecule has 0 fully saturated rings. The molecule has 3 aromatic rings. The molecule has 0 radical (unpaired) electrons. The fourth-order valence-corrected chi connectivity index (χ4v) is 3.00. The zero-order valence-electron chi connectivity index (χ0n) is 14.4. The van der Waals surface area contributed by atoms with Gasteiger partial charge < -0.3 is 15.5 Å². The third kappa shape index (κ3) is 4.15. The third-order valence-corrected chi connectivity index (χ3v) is 4.33. The van der Waals surface area contributed by atoms with Gasteiger partial charge in [-0.15, -0.1) is 12.4 Å². The van der Waals surface area contributed by atoms with E-state index in [0.717, 1.165) is 33.5 Å². The first-order valence-corrected chi connectivity index (χ1v) is 8.17. The van der Waals surface area contributed by atoms with E-state index >= 15 is 0 Å². The number of hydrogen-bond donors (Lipinski definition) is 2. The number of furan rings is 1. The minimum atomic E-state index is -0.168. The number of aryl methyl sites for hydroxylation is 2. The normalized spacial score (nSPS) is 11.8. The second kappa shape index (κ2) is 8.08. The molecule has 4 nitrogen and oxygen atoms in total. The Hall–Kier alpha value is -2.46. The van der Waals surface area contributed by atoms with Crippen LogP contribution in [0.1, 0.15) is 36.3 Å². The lowest BCUT2D eigenvalue weighted by atomic mass is 10.1. The van der Waals surface area contributed by atoms with Gasteiger partial charge in [0.05, 0.1) is 6.04 Å². The molecule has 1 heterocycles. The molecule has 0 aliphatic heterocycles. The molecule has 3 N–H and O–H groups in total. The van der Waals surface area contributed by atoms with Gasteiger partial charge in [-0.2, -0.15) is 0 Å². The Morgan fingerprint density at radius 1 is 1.16 bits per heavy atom. The quantitative estimate of drug-likeness (QED) is 0.657. The van der Waals surface area contributed by atoms with Gasteiger partial charge in [0.25, 0.3) is 0 Å². The second-order valence-electron chi connectivity index (χ2n) is 6.08. The monoisotopic (exact) mass is 358 g/mol. The fraction of sp³-hybridized carbons (Fsp3) is 0.250. The first-order valence-electron chi connectivity index (χ1n) is 8.17. The van der Waals surface area contributed by atoms with E-state index < -0.39 is 0 Å². The van der Waals surface area contributed by atoms with Crippen molar-refractivity contribution in [3.63, 3.8) is 0 Å². The summed E-state index contributed by atoms with van der Waals surface area (Å²) in [6.45, 7) is 3.97. The van der Waals surface area contributed by atoms with E-state index in [1.54, 1.807) is 0 Å². The highest BCUT2D eigenvalue weighted by molar-refractivity contribution is 5.85. The van der Waals surface area contributed by atoms with E-state index in [1.807, 2.05) is 62.4 Å². The Bertz CT molecular complexity index is 873. The number of carbonyl (C=O) groups excluding carboxylic acids is 1. The van der Waals surface area contributed by atoms with Crippen LogP contribution in [0.2, 0.25) is 0 Å². The molecule has 1 atom stereocenters. The predicted octanol–water partition coefficient (Wildman–Crippen LogP) is 4.56. The number of nitrogens with two attached hydrogens (primary N) is 1. The molecule has 3 rings (SSSR count). The molecule has 0 bridgehead atoms. The summed E-state index contributed by atoms with van der Waals surface area (Å²) in [4.78, 5) is 12.2. The maximum absolute atomic E-state index is 12.2. The van der Waals surface area contributed by atoms with Crippen LogP contribution in [0.25, 0.3) is 11.0 Å². The van der Waals surface area contributed by atoms with Crippen molar-refractivity contribution in [3.05, 3.63) is 65.4 Å². The van der Waals surface area contributed by atoms with Crippen LogP contribution in [0.15, 0.2) is 52.9 Å². The van der Waals surface area contributed by atoms with Gasteiger partial charge in [-0.3, -0.25) is 4.79 Å². The summed E-state index contributed by atoms with van der Waals surface area (Å²) in [7, 11) is 0. The Kier molecular flexibility index (Phi) is 6.10. The van der Waals surface area contributed by atoms with E-state index in [0.29, 0.717) is 12.8 Å². The van der Waals surface area contributed by atoms with E-state index in [2.05, 4.69) is 5.32 Å². The number of carbonyl (C=O) groups is 1. The highest BCUT2D eigenvalue weighted by Crippen LogP contribution is 2.29. The second-order valence-corrected chi connectivity index (χ2v) is 6.08. The molecule has 0 saturated carbocycles. The molecule has 5 heteroatoms. The van der Waals surface area contributed by atoms with Crippen molar-refractivity contribution in [1.29, 1.82) is 0 Å². The van der Waals surface area contributed by atoms with E-state index in [1.165, 1.54) is 0 Å². The maximum atomic E-state index is 12.2. The zero-order valence-corrected chi connectivity index (χ0v) is 15.2. The molecule has 1 amide bonds. The molecular weight excluding hydrogens is 336 g/mol. The van der Waals surface area contributed by atoms with Gasteiger partial charge in [0.2, 0.25) is 5.91 Å². The Morgan fingerprint density at radius 3 is 2.56 bits per heavy atom. The van der Waals surface area contributed by atoms with Crippen LogP contribution in [0.3, 0.4) is 0 Å². The average molecular weight is 359 g/mol. The van der Waals surface area contributed by atoms with Crippen LogP contribution in [0, 0.1) is 6.92 Å². The summed E-state index contributed by atoms with van der Waals surface area (Å²) in [5.41, 5.74) is 9.57. The molecule has 2 aromatic carbocycles. The first-order chi connectivity index (χ1) is 11.6. The lowest BCUT2D eigenvalue weighted by molar-refractivity contribution is -0.121. The number of anilines is 1. The lowest BCUT2D eigenvalue weighted by Gasteiger charge is -2.13. The highest BCUT2D eigenvalue weighted by atomic mass is 35.5. The van der Waals surface area contributed by atoms with E-state index in [-0.39, 0.29) is 24.4 Å². The van der Waals surface area contributed by atoms with Gasteiger partial charge >= 0.3 is 0 Å². The van der Waals surface area contributed by atoms with Crippen molar-refractivity contribution >= 4 is 35.0 Å². The number of nitrogens with one attached hydrogen (secondary N) is 1. The largest absolute Gasteiger partial charge is 0.459 e. The van der Waals surface area contributed by atoms with Gasteiger partial charge in [0, 0.05) is 23.1 Å². The SMILES string of the molecule is Cc1c(C(C)NC(=O)CCc2ccccc2N)oc2ccccc12.Cl. The van der Waals surface area contributed by atoms with Crippen molar-refractivity contribution in [2.24, 2.45) is 0 Å². The van der Waals surface area contributed by atoms with Crippen LogP contribution in [0.4, 0.5) is 5.69 Å². The van der Waals surface area contributed by atoms with E-state index in [4.69, 9.17) is 10.2 Å². The maximum Gasteiger partial charge on any atom is 0.220 e. The molecule has 1 aromatic heterocycles. The molecule has 25 heavy (non-hydrogen) atoms. The fourth-order valence-electron chi connectivity index (χ4n) is 3.00. The Labute approximate surface area is 153 Å². The van der Waals surface area contributed by atoms with Crippen molar-refractivity contribution in [2.75, 3.05) is 5.73 Å². The van der Waals surface area contributed by atoms with Gasteiger partial charge in [-0.1, -0.05) is 36.4 Å². The van der Waals surface area contributed by atoms with Gasteiger partial charge in [0.15, 0.2) is 0 Å². The molecule has 0 spiro atoms. The van der Waals surface area contributed by atoms with Crippen LogP contribution < -0.4 is 11.1 Å². The first kappa shape index (κ1) is 18.9. The minimum absolute atomic E-state index is 0. The summed E-state index contributed by atoms with van der Waals surface area (Å²) < 4.78 is 5.91. The Balaban J connectivity index is 0.00000225. The molecular formula is C20H23ClN2O2. The molecule has 132 valence electrons. The summed E-state index contributed by atoms with van der Waals surface area (Å²) in [6.07, 6.45) is 1.03. The number of benzene rings is 2. The average Bonchev–Trinajstić information content (AvgIpc) is 2.92. The van der Waals surface area contributed by atoms with Crippen molar-refractivity contribution < 1.29 is 9.21 Å². The number of para-hydroxylation sites is 2. The topological polar surface area (TPSA) is 68.3 Å². The van der Waals surface area contributed by atoms with Crippen LogP contribution in [-0.2, 0) is 11.2 Å². The smallest absolute Gasteiger partial charge is 0.220 e. The highest BCUT2D eigenvalue weighted by Gasteiger charge is 2.18. The standard InChI is InChI=1S/C20H22N2O2.ClH/c1-13-16-8-4-6-10-18(16)24-20(13)14(2)22-19(23)12-11-15-7-3-5-9-17(15)21;/h3-10,14H,11-12,21H2,1-2H3,(H,22,23);1H. The van der Waals surface area contributed by atoms with Crippen LogP contribution in [0.5, 0.6) is 0 Å². The summed E-state index contributed by atoms with van der Waals surface area (Å²) in [6, 6.07) is 15.4. The Morgan fingerprint density at radius 2 is 1.84 bits per heavy atom. The van der Waals surface area contributed by atoms with Gasteiger partial charge in [0.1, 0.15) is 11.3 Å². The molecule has 0 aliphatic carbocycles. The molecule has 0 saturated heterocycles. The lowest BCUT2D eigenvalue weighted by Crippen LogP contribution is -2.27. The third-order valence-electron chi connectivity index (χ3n) is 4.33. The number of amides is 1. The predicted molar refractivity (Wildman–Crippen MR) is 104 cm³/mol. The van der Waals surface area contributed by atoms with Gasteiger partial charge in [-0.05, 0) is 38.0 Å². The van der Waals surface area contributed by atoms with E-state index in [9.17, 15) is 4.79 Å². The zero-order chi connectivity index (χ0) is 17.1. The van der Waals surface area contributed by atoms with Crippen molar-refractivity contribution in [3.8, 4) is 0 Å². The van der Waals surface area contributed by atoms with Crippen molar-refractivity contribution in [1.82, 2.24) is 5.32 Å². The minimum Gasteiger partial charge on any atom is -0.459 e. The van der Waals surface area contributed by atoms with Crippen LogP contribution in [-0.4, -0.2) is 5.91 Å². The van der Waals surface area contributed by atoms with Crippen molar-refractivity contribution in [2.45, 2.75) is 32.7 Å². The molecule has 0 aliphatic rings. The summed E-state index contributed by atoms with van der Waals surface area (Å²) in [5.74, 6) is 0.800. The summed E-state index contributed by atoms with van der Waals surface area (Å²) >= 11 is 0. The number of halogens is 1. The number of rotatable bonds is 5. The molecule has 1 unspecified atom stereocenters. The number of nitrogen functional groups attached to an aromatic ring is 1. The summed E-state index contributed by atoms with van der Waals surface area (Å²) in [5, 5.41) is 4.10. The number of fused-ring (bicyclic) bond motifs is 1. The van der Waals surface area contributed by atoms with Gasteiger partial charge in [-0.25, -0.2) is 0 Å². The van der Waals surface area contributed by atoms with Crippen LogP contribution >= 0.6 is 12.4 Å².